The van der Waals surface area contributed by atoms with E-state index in [1.807, 2.05) is 0 Å². The summed E-state index contributed by atoms with van der Waals surface area (Å²) in [6.45, 7) is 0.322. The van der Waals surface area contributed by atoms with Gasteiger partial charge in [0.15, 0.2) is 5.69 Å². The highest BCUT2D eigenvalue weighted by atomic mass is 19.1. The maximum Gasteiger partial charge on any atom is 0.356 e. The first-order valence-corrected chi connectivity index (χ1v) is 7.00. The van der Waals surface area contributed by atoms with Crippen LogP contribution < -0.4 is 4.74 Å². The Morgan fingerprint density at radius 3 is 2.57 bits per heavy atom. The summed E-state index contributed by atoms with van der Waals surface area (Å²) in [5, 5.41) is 5.12. The summed E-state index contributed by atoms with van der Waals surface area (Å²) in [6, 6.07) is 11.4. The van der Waals surface area contributed by atoms with Gasteiger partial charge in [0.2, 0.25) is 0 Å². The van der Waals surface area contributed by atoms with Crippen molar-refractivity contribution in [3.05, 3.63) is 59.5 Å². The third-order valence-corrected chi connectivity index (χ3v) is 3.58. The average molecular weight is 314 g/mol. The number of carbonyl (C=O) groups excluding carboxylic acids is 1. The third kappa shape index (κ3) is 2.75. The van der Waals surface area contributed by atoms with Gasteiger partial charge >= 0.3 is 5.97 Å². The van der Waals surface area contributed by atoms with Gasteiger partial charge in [-0.25, -0.2) is 9.18 Å². The summed E-state index contributed by atoms with van der Waals surface area (Å²) in [5.74, 6) is -0.220. The number of methoxy groups -OCH3 is 2. The lowest BCUT2D eigenvalue weighted by atomic mass is 10.2. The van der Waals surface area contributed by atoms with E-state index in [-0.39, 0.29) is 5.82 Å². The van der Waals surface area contributed by atoms with Crippen molar-refractivity contribution < 1.29 is 18.7 Å². The van der Waals surface area contributed by atoms with Crippen molar-refractivity contribution in [3.63, 3.8) is 0 Å². The number of benzene rings is 2. The molecule has 0 aliphatic carbocycles. The zero-order valence-electron chi connectivity index (χ0n) is 12.7. The number of aromatic nitrogens is 2. The SMILES string of the molecule is COC(=O)c1c2cccc(OC)c2nn1Cc1ccc(F)cc1. The molecule has 0 amide bonds. The van der Waals surface area contributed by atoms with Gasteiger partial charge in [0.05, 0.1) is 20.8 Å². The third-order valence-electron chi connectivity index (χ3n) is 3.58. The van der Waals surface area contributed by atoms with Crippen LogP contribution in [0, 0.1) is 5.82 Å². The number of hydrogen-bond acceptors (Lipinski definition) is 4. The van der Waals surface area contributed by atoms with Crippen molar-refractivity contribution >= 4 is 16.9 Å². The van der Waals surface area contributed by atoms with Crippen LogP contribution in [-0.2, 0) is 11.3 Å². The van der Waals surface area contributed by atoms with Gasteiger partial charge in [0, 0.05) is 5.39 Å². The molecule has 23 heavy (non-hydrogen) atoms. The number of hydrogen-bond donors (Lipinski definition) is 0. The van der Waals surface area contributed by atoms with Crippen molar-refractivity contribution in [1.82, 2.24) is 9.78 Å². The summed E-state index contributed by atoms with van der Waals surface area (Å²) in [5.41, 5.74) is 1.74. The molecule has 0 N–H and O–H groups in total. The lowest BCUT2D eigenvalue weighted by Crippen LogP contribution is -2.13. The normalized spacial score (nSPS) is 10.7. The monoisotopic (exact) mass is 314 g/mol. The van der Waals surface area contributed by atoms with Crippen LogP contribution in [0.1, 0.15) is 16.1 Å². The van der Waals surface area contributed by atoms with Gasteiger partial charge in [-0.1, -0.05) is 24.3 Å². The van der Waals surface area contributed by atoms with Gasteiger partial charge < -0.3 is 9.47 Å². The van der Waals surface area contributed by atoms with E-state index < -0.39 is 5.97 Å². The minimum Gasteiger partial charge on any atom is -0.494 e. The maximum absolute atomic E-state index is 13.0. The fourth-order valence-electron chi connectivity index (χ4n) is 2.48. The first-order valence-electron chi connectivity index (χ1n) is 7.00. The van der Waals surface area contributed by atoms with Crippen LogP contribution in [0.2, 0.25) is 0 Å². The molecule has 6 heteroatoms. The molecule has 0 unspecified atom stereocenters. The van der Waals surface area contributed by atoms with E-state index in [9.17, 15) is 9.18 Å². The van der Waals surface area contributed by atoms with Crippen LogP contribution >= 0.6 is 0 Å². The second kappa shape index (κ2) is 6.08. The van der Waals surface area contributed by atoms with Crippen molar-refractivity contribution in [2.75, 3.05) is 14.2 Å². The zero-order chi connectivity index (χ0) is 16.4. The molecule has 0 aliphatic rings. The topological polar surface area (TPSA) is 53.4 Å². The summed E-state index contributed by atoms with van der Waals surface area (Å²) in [7, 11) is 2.87. The number of rotatable bonds is 4. The molecular formula is C17H15FN2O3. The summed E-state index contributed by atoms with van der Waals surface area (Å²) >= 11 is 0. The molecule has 1 aromatic heterocycles. The molecule has 0 radical (unpaired) electrons. The number of fused-ring (bicyclic) bond motifs is 1. The van der Waals surface area contributed by atoms with E-state index >= 15 is 0 Å². The summed E-state index contributed by atoms with van der Waals surface area (Å²) in [6.07, 6.45) is 0. The maximum atomic E-state index is 13.0. The Labute approximate surface area is 132 Å². The van der Waals surface area contributed by atoms with Gasteiger partial charge in [-0.05, 0) is 23.8 Å². The van der Waals surface area contributed by atoms with Crippen LogP contribution in [0.25, 0.3) is 10.9 Å². The molecule has 0 atom stereocenters. The van der Waals surface area contributed by atoms with Gasteiger partial charge in [0.1, 0.15) is 17.1 Å². The van der Waals surface area contributed by atoms with E-state index in [1.165, 1.54) is 19.2 Å². The molecule has 0 saturated carbocycles. The van der Waals surface area contributed by atoms with E-state index in [1.54, 1.807) is 42.1 Å². The molecule has 0 spiro atoms. The second-order valence-electron chi connectivity index (χ2n) is 4.98. The Morgan fingerprint density at radius 2 is 1.91 bits per heavy atom. The Bertz CT molecular complexity index is 856. The highest BCUT2D eigenvalue weighted by molar-refractivity contribution is 6.03. The van der Waals surface area contributed by atoms with E-state index in [2.05, 4.69) is 5.10 Å². The first kappa shape index (κ1) is 15.0. The number of carbonyl (C=O) groups is 1. The summed E-state index contributed by atoms with van der Waals surface area (Å²) < 4.78 is 24.8. The average Bonchev–Trinajstić information content (AvgIpc) is 2.94. The largest absolute Gasteiger partial charge is 0.494 e. The van der Waals surface area contributed by atoms with Gasteiger partial charge in [-0.15, -0.1) is 0 Å². The Kier molecular flexibility index (Phi) is 3.97. The number of nitrogens with zero attached hydrogens (tertiary/aromatic N) is 2. The fraction of sp³-hybridized carbons (Fsp3) is 0.176. The van der Waals surface area contributed by atoms with Gasteiger partial charge in [-0.3, -0.25) is 4.68 Å². The minimum absolute atomic E-state index is 0.311. The first-order chi connectivity index (χ1) is 11.1. The Hall–Kier alpha value is -2.89. The van der Waals surface area contributed by atoms with Gasteiger partial charge in [-0.2, -0.15) is 5.10 Å². The predicted molar refractivity (Wildman–Crippen MR) is 83.1 cm³/mol. The second-order valence-corrected chi connectivity index (χ2v) is 4.98. The fourth-order valence-corrected chi connectivity index (χ4v) is 2.48. The zero-order valence-corrected chi connectivity index (χ0v) is 12.7. The number of esters is 1. The quantitative estimate of drug-likeness (QED) is 0.695. The predicted octanol–water partition coefficient (Wildman–Crippen LogP) is 3.02. The molecule has 5 nitrogen and oxygen atoms in total. The molecular weight excluding hydrogens is 299 g/mol. The number of ether oxygens (including phenoxy) is 2. The van der Waals surface area contributed by atoms with Crippen molar-refractivity contribution in [2.45, 2.75) is 6.54 Å². The molecule has 3 aromatic rings. The van der Waals surface area contributed by atoms with Crippen LogP contribution in [0.4, 0.5) is 4.39 Å². The number of halogens is 1. The van der Waals surface area contributed by atoms with Crippen LogP contribution in [0.15, 0.2) is 42.5 Å². The minimum atomic E-state index is -0.483. The lowest BCUT2D eigenvalue weighted by molar-refractivity contribution is 0.0589. The van der Waals surface area contributed by atoms with E-state index in [4.69, 9.17) is 9.47 Å². The molecule has 0 saturated heterocycles. The van der Waals surface area contributed by atoms with Crippen molar-refractivity contribution in [1.29, 1.82) is 0 Å². The van der Waals surface area contributed by atoms with Crippen molar-refractivity contribution in [2.24, 2.45) is 0 Å². The molecule has 118 valence electrons. The Morgan fingerprint density at radius 1 is 1.17 bits per heavy atom. The molecule has 0 bridgehead atoms. The highest BCUT2D eigenvalue weighted by Crippen LogP contribution is 2.28. The molecule has 2 aromatic carbocycles. The highest BCUT2D eigenvalue weighted by Gasteiger charge is 2.21. The van der Waals surface area contributed by atoms with E-state index in [0.29, 0.717) is 28.9 Å². The standard InChI is InChI=1S/C17H15FN2O3/c1-22-14-5-3-4-13-15(14)19-20(16(13)17(21)23-2)10-11-6-8-12(18)9-7-11/h3-9H,10H2,1-2H3. The van der Waals surface area contributed by atoms with E-state index in [0.717, 1.165) is 5.56 Å². The van der Waals surface area contributed by atoms with Crippen LogP contribution in [0.3, 0.4) is 0 Å². The lowest BCUT2D eigenvalue weighted by Gasteiger charge is -2.06. The molecule has 3 rings (SSSR count). The summed E-state index contributed by atoms with van der Waals surface area (Å²) in [4.78, 5) is 12.2. The van der Waals surface area contributed by atoms with Crippen LogP contribution in [-0.4, -0.2) is 30.0 Å². The smallest absolute Gasteiger partial charge is 0.356 e. The van der Waals surface area contributed by atoms with Gasteiger partial charge in [0.25, 0.3) is 0 Å². The van der Waals surface area contributed by atoms with Crippen LogP contribution in [0.5, 0.6) is 5.75 Å². The molecule has 0 aliphatic heterocycles. The molecule has 1 heterocycles. The molecule has 0 fully saturated rings. The van der Waals surface area contributed by atoms with Crippen molar-refractivity contribution in [3.8, 4) is 5.75 Å². The Balaban J connectivity index is 2.14.